The van der Waals surface area contributed by atoms with Gasteiger partial charge < -0.3 is 0 Å². The second-order valence-corrected chi connectivity index (χ2v) is 28.0. The summed E-state index contributed by atoms with van der Waals surface area (Å²) in [6, 6.07) is 0. The second-order valence-electron chi connectivity index (χ2n) is 28.0. The van der Waals surface area contributed by atoms with Crippen molar-refractivity contribution in [1.29, 1.82) is 0 Å². The van der Waals surface area contributed by atoms with E-state index in [4.69, 9.17) is 0 Å². The van der Waals surface area contributed by atoms with Crippen LogP contribution in [0.15, 0.2) is 24.3 Å². The summed E-state index contributed by atoms with van der Waals surface area (Å²) in [4.78, 5) is 0. The third kappa shape index (κ3) is 10.1. The Labute approximate surface area is 451 Å². The molecule has 0 heteroatoms. The summed E-state index contributed by atoms with van der Waals surface area (Å²) < 4.78 is 0. The van der Waals surface area contributed by atoms with Crippen LogP contribution in [0.2, 0.25) is 0 Å². The fraction of sp³-hybridized carbons (Fsp3) is 0.944. The van der Waals surface area contributed by atoms with Gasteiger partial charge in [-0.05, 0) is 333 Å². The maximum atomic E-state index is 2.59. The largest absolute Gasteiger partial charge is 0.0879 e. The van der Waals surface area contributed by atoms with Crippen LogP contribution in [0.3, 0.4) is 0 Å². The van der Waals surface area contributed by atoms with Crippen molar-refractivity contribution in [2.75, 3.05) is 0 Å². The minimum absolute atomic E-state index is 0. The van der Waals surface area contributed by atoms with Crippen LogP contribution in [0.5, 0.6) is 0 Å². The van der Waals surface area contributed by atoms with Gasteiger partial charge in [0, 0.05) is 0 Å². The van der Waals surface area contributed by atoms with Crippen LogP contribution in [-0.2, 0) is 0 Å². The molecule has 0 aromatic heterocycles. The monoisotopic (exact) mass is 991 g/mol. The Bertz CT molecular complexity index is 1570. The van der Waals surface area contributed by atoms with Gasteiger partial charge in [0.1, 0.15) is 0 Å². The van der Waals surface area contributed by atoms with Gasteiger partial charge in [-0.15, -0.1) is 0 Å². The topological polar surface area (TPSA) is 0 Å². The van der Waals surface area contributed by atoms with E-state index in [0.29, 0.717) is 0 Å². The minimum atomic E-state index is 0. The number of rotatable bonds is 0. The molecule has 0 amide bonds. The highest BCUT2D eigenvalue weighted by atomic mass is 14.7. The van der Waals surface area contributed by atoms with Crippen LogP contribution >= 0.6 is 0 Å². The first-order valence-corrected chi connectivity index (χ1v) is 34.0. The summed E-state index contributed by atoms with van der Waals surface area (Å²) in [5.41, 5.74) is 0. The van der Waals surface area contributed by atoms with Gasteiger partial charge in [0.05, 0.1) is 0 Å². The molecule has 72 heavy (non-hydrogen) atoms. The third-order valence-electron chi connectivity index (χ3n) is 26.5. The molecule has 0 spiro atoms. The lowest BCUT2D eigenvalue weighted by Gasteiger charge is -2.49. The Morgan fingerprint density at radius 3 is 0.986 bits per heavy atom. The molecule has 0 radical (unpaired) electrons. The van der Waals surface area contributed by atoms with Crippen molar-refractivity contribution >= 4 is 0 Å². The maximum Gasteiger partial charge on any atom is -0.0168 e. The fourth-order valence-electron chi connectivity index (χ4n) is 25.5. The molecular weight excluding hydrogens is 865 g/mol. The van der Waals surface area contributed by atoms with E-state index in [2.05, 4.69) is 24.3 Å². The molecule has 16 bridgehead atoms. The van der Waals surface area contributed by atoms with Gasteiger partial charge in [0.15, 0.2) is 0 Å². The molecular formula is C72H126. The van der Waals surface area contributed by atoms with Crippen molar-refractivity contribution in [1.82, 2.24) is 0 Å². The van der Waals surface area contributed by atoms with Gasteiger partial charge in [-0.2, -0.15) is 0 Å². The molecule has 18 saturated carbocycles. The van der Waals surface area contributed by atoms with Crippen LogP contribution in [0.25, 0.3) is 0 Å². The molecule has 20 aliphatic carbocycles. The molecule has 0 saturated heterocycles. The van der Waals surface area contributed by atoms with Gasteiger partial charge in [-0.1, -0.05) is 121 Å². The number of fused-ring (bicyclic) bond motifs is 34. The molecule has 0 aliphatic heterocycles. The summed E-state index contributed by atoms with van der Waals surface area (Å²) in [7, 11) is 0. The predicted molar refractivity (Wildman–Crippen MR) is 315 cm³/mol. The highest BCUT2D eigenvalue weighted by molar-refractivity contribution is 5.20. The van der Waals surface area contributed by atoms with E-state index in [-0.39, 0.29) is 14.9 Å². The van der Waals surface area contributed by atoms with Crippen LogP contribution in [0.4, 0.5) is 0 Å². The highest BCUT2D eigenvalue weighted by Crippen LogP contribution is 2.74. The zero-order valence-electron chi connectivity index (χ0n) is 48.3. The lowest BCUT2D eigenvalue weighted by Crippen LogP contribution is -2.38. The average molecular weight is 992 g/mol. The van der Waals surface area contributed by atoms with Crippen LogP contribution in [0, 0.1) is 166 Å². The summed E-state index contributed by atoms with van der Waals surface area (Å²) in [6.07, 6.45) is 54.5. The molecule has 0 aromatic rings. The van der Waals surface area contributed by atoms with Gasteiger partial charge in [0.25, 0.3) is 0 Å². The predicted octanol–water partition coefficient (Wildman–Crippen LogP) is 21.9. The molecule has 20 aliphatic rings. The molecule has 0 N–H and O–H groups in total. The van der Waals surface area contributed by atoms with Gasteiger partial charge >= 0.3 is 0 Å². The summed E-state index contributed by atoms with van der Waals surface area (Å²) in [5, 5.41) is 0. The Balaban J connectivity index is 0.000000116. The Hall–Kier alpha value is -0.520. The normalized spacial score (nSPS) is 52.6. The second kappa shape index (κ2) is 25.5. The van der Waals surface area contributed by atoms with Crippen molar-refractivity contribution in [3.63, 3.8) is 0 Å². The smallest absolute Gasteiger partial charge is 0.0168 e. The van der Waals surface area contributed by atoms with Crippen LogP contribution < -0.4 is 0 Å². The molecule has 18 fully saturated rings. The SMILES string of the molecule is C.C.C1=CC2C(C1)C1CC2C2C3CCC(C3)C12.C1=CC2C3CCC(C3)C2C1.C1C2CC3CC1CC(C2)C3.C1CC2C(C1)C1CC2C2C3CCC(C3)C12.C1CC2C3CCC(C3)C2C1.CC.CC.CC.CC.CC. The van der Waals surface area contributed by atoms with E-state index in [1.54, 1.807) is 161 Å². The standard InChI is InChI=1S/C15H22.C15H20.2C10H16.C10H14.5C2H6.2CH4/c2*1-2-10-11(3-1)13-7-12(10)14-8-4-5-9(6-8)15(13)14;1-7-2-9-4-8(1)5-10(3-7)6-9;2*1-2-9-7-4-5-8(6-7)10(9)3-1;5*1-2;;/h8-15H,1-7H2;1-2,8-15H,3-7H2;2*7-10H,1-6H2;1-2,7-10H,3-6H2;5*1-2H3;2*1H4. The van der Waals surface area contributed by atoms with Crippen LogP contribution in [-0.4, -0.2) is 0 Å². The Morgan fingerprint density at radius 2 is 0.542 bits per heavy atom. The van der Waals surface area contributed by atoms with E-state index < -0.39 is 0 Å². The first-order chi connectivity index (χ1) is 34.7. The van der Waals surface area contributed by atoms with Crippen molar-refractivity contribution in [2.45, 2.75) is 264 Å². The van der Waals surface area contributed by atoms with Gasteiger partial charge in [-0.25, -0.2) is 0 Å². The van der Waals surface area contributed by atoms with Crippen molar-refractivity contribution < 1.29 is 0 Å². The minimum Gasteiger partial charge on any atom is -0.0879 e. The molecule has 24 unspecified atom stereocenters. The summed E-state index contributed by atoms with van der Waals surface area (Å²) >= 11 is 0. The molecule has 20 rings (SSSR count). The lowest BCUT2D eigenvalue weighted by atomic mass is 9.56. The van der Waals surface area contributed by atoms with E-state index >= 15 is 0 Å². The number of hydrogen-bond acceptors (Lipinski definition) is 0. The fourth-order valence-corrected chi connectivity index (χ4v) is 25.5. The molecule has 414 valence electrons. The average Bonchev–Trinajstić information content (AvgIpc) is 4.24. The van der Waals surface area contributed by atoms with Crippen molar-refractivity contribution in [3.05, 3.63) is 24.3 Å². The van der Waals surface area contributed by atoms with Crippen molar-refractivity contribution in [2.24, 2.45) is 166 Å². The quantitative estimate of drug-likeness (QED) is 0.168. The first kappa shape index (κ1) is 57.6. The van der Waals surface area contributed by atoms with Crippen LogP contribution in [0.1, 0.15) is 264 Å². The zero-order chi connectivity index (χ0) is 48.8. The Kier molecular flexibility index (Phi) is 20.4. The molecule has 0 heterocycles. The van der Waals surface area contributed by atoms with E-state index in [1.807, 2.05) is 69.2 Å². The van der Waals surface area contributed by atoms with Gasteiger partial charge in [-0.3, -0.25) is 0 Å². The maximum absolute atomic E-state index is 2.59. The van der Waals surface area contributed by atoms with Gasteiger partial charge in [0.2, 0.25) is 0 Å². The van der Waals surface area contributed by atoms with E-state index in [9.17, 15) is 0 Å². The van der Waals surface area contributed by atoms with E-state index in [1.165, 1.54) is 138 Å². The number of allylic oxidation sites excluding steroid dienone is 4. The highest BCUT2D eigenvalue weighted by Gasteiger charge is 2.67. The molecule has 0 aromatic carbocycles. The summed E-state index contributed by atoms with van der Waals surface area (Å²) in [5.74, 6) is 32.8. The summed E-state index contributed by atoms with van der Waals surface area (Å²) in [6.45, 7) is 20.0. The Morgan fingerprint density at radius 1 is 0.236 bits per heavy atom. The van der Waals surface area contributed by atoms with E-state index in [0.717, 1.165) is 47.3 Å². The third-order valence-corrected chi connectivity index (χ3v) is 26.5. The lowest BCUT2D eigenvalue weighted by molar-refractivity contribution is 0.0198. The molecule has 0 nitrogen and oxygen atoms in total. The zero-order valence-corrected chi connectivity index (χ0v) is 48.3. The first-order valence-electron chi connectivity index (χ1n) is 34.0. The molecule has 24 atom stereocenters. The number of hydrogen-bond donors (Lipinski definition) is 0. The van der Waals surface area contributed by atoms with Crippen molar-refractivity contribution in [3.8, 4) is 0 Å².